The molecule has 1 fully saturated rings. The molecule has 8 heteroatoms. The van der Waals surface area contributed by atoms with Crippen LogP contribution in [0.4, 0.5) is 0 Å². The SMILES string of the molecule is Cc1ccc(-c2cnc(CCC(=O)N3CCN(S(=O)(=O)c4ccc(C)c(C)c4)CC3)o2)cc1. The Labute approximate surface area is 195 Å². The number of benzene rings is 2. The van der Waals surface area contributed by atoms with Crippen LogP contribution in [-0.4, -0.2) is 54.7 Å². The average Bonchev–Trinajstić information content (AvgIpc) is 3.29. The molecule has 0 unspecified atom stereocenters. The predicted octanol–water partition coefficient (Wildman–Crippen LogP) is 3.73. The second kappa shape index (κ2) is 9.49. The molecule has 1 saturated heterocycles. The van der Waals surface area contributed by atoms with Crippen LogP contribution in [0.15, 0.2) is 58.0 Å². The van der Waals surface area contributed by atoms with E-state index in [0.717, 1.165) is 16.7 Å². The number of hydrogen-bond acceptors (Lipinski definition) is 5. The van der Waals surface area contributed by atoms with Crippen molar-refractivity contribution in [2.75, 3.05) is 26.2 Å². The molecule has 1 aliphatic heterocycles. The van der Waals surface area contributed by atoms with Gasteiger partial charge < -0.3 is 9.32 Å². The van der Waals surface area contributed by atoms with Crippen molar-refractivity contribution in [3.8, 4) is 11.3 Å². The standard InChI is InChI=1S/C25H29N3O4S/c1-18-4-7-21(8-5-18)23-17-26-24(32-23)10-11-25(29)27-12-14-28(15-13-27)33(30,31)22-9-6-19(2)20(3)16-22/h4-9,16-17H,10-15H2,1-3H3. The van der Waals surface area contributed by atoms with Crippen molar-refractivity contribution >= 4 is 15.9 Å². The maximum absolute atomic E-state index is 13.0. The van der Waals surface area contributed by atoms with Gasteiger partial charge in [-0.1, -0.05) is 35.9 Å². The topological polar surface area (TPSA) is 83.7 Å². The Morgan fingerprint density at radius 3 is 2.33 bits per heavy atom. The first-order chi connectivity index (χ1) is 15.7. The molecule has 0 atom stereocenters. The first kappa shape index (κ1) is 23.2. The van der Waals surface area contributed by atoms with Crippen LogP contribution in [0.5, 0.6) is 0 Å². The van der Waals surface area contributed by atoms with E-state index in [2.05, 4.69) is 4.98 Å². The Balaban J connectivity index is 1.31. The number of oxazole rings is 1. The fourth-order valence-corrected chi connectivity index (χ4v) is 5.36. The van der Waals surface area contributed by atoms with Crippen molar-refractivity contribution in [3.05, 3.63) is 71.2 Å². The first-order valence-corrected chi connectivity index (χ1v) is 12.5. The molecule has 174 valence electrons. The van der Waals surface area contributed by atoms with Gasteiger partial charge in [0.2, 0.25) is 15.9 Å². The Morgan fingerprint density at radius 2 is 1.67 bits per heavy atom. The summed E-state index contributed by atoms with van der Waals surface area (Å²) in [6, 6.07) is 13.2. The van der Waals surface area contributed by atoms with E-state index in [1.54, 1.807) is 23.2 Å². The van der Waals surface area contributed by atoms with Crippen LogP contribution >= 0.6 is 0 Å². The van der Waals surface area contributed by atoms with Gasteiger partial charge >= 0.3 is 0 Å². The number of sulfonamides is 1. The van der Waals surface area contributed by atoms with Crippen LogP contribution in [0.25, 0.3) is 11.3 Å². The lowest BCUT2D eigenvalue weighted by molar-refractivity contribution is -0.132. The summed E-state index contributed by atoms with van der Waals surface area (Å²) in [6.07, 6.45) is 2.37. The predicted molar refractivity (Wildman–Crippen MR) is 126 cm³/mol. The number of piperazine rings is 1. The van der Waals surface area contributed by atoms with Gasteiger partial charge in [-0.25, -0.2) is 13.4 Å². The number of nitrogens with zero attached hydrogens (tertiary/aromatic N) is 3. The van der Waals surface area contributed by atoms with Gasteiger partial charge in [0.15, 0.2) is 11.7 Å². The van der Waals surface area contributed by atoms with E-state index >= 15 is 0 Å². The van der Waals surface area contributed by atoms with E-state index in [-0.39, 0.29) is 25.4 Å². The molecule has 1 aliphatic rings. The molecule has 7 nitrogen and oxygen atoms in total. The summed E-state index contributed by atoms with van der Waals surface area (Å²) in [5.74, 6) is 1.19. The van der Waals surface area contributed by atoms with E-state index in [9.17, 15) is 13.2 Å². The van der Waals surface area contributed by atoms with Gasteiger partial charge in [-0.3, -0.25) is 4.79 Å². The quantitative estimate of drug-likeness (QED) is 0.552. The summed E-state index contributed by atoms with van der Waals surface area (Å²) in [5, 5.41) is 0. The molecule has 1 aromatic heterocycles. The zero-order chi connectivity index (χ0) is 23.6. The number of rotatable bonds is 6. The molecule has 0 radical (unpaired) electrons. The number of carbonyl (C=O) groups excluding carboxylic acids is 1. The molecule has 2 heterocycles. The third-order valence-corrected chi connectivity index (χ3v) is 8.04. The van der Waals surface area contributed by atoms with Gasteiger partial charge in [-0.15, -0.1) is 0 Å². The van der Waals surface area contributed by atoms with Crippen LogP contribution in [0.2, 0.25) is 0 Å². The zero-order valence-electron chi connectivity index (χ0n) is 19.2. The minimum atomic E-state index is -3.56. The van der Waals surface area contributed by atoms with Gasteiger partial charge in [-0.05, 0) is 44.0 Å². The Kier molecular flexibility index (Phi) is 6.67. The third kappa shape index (κ3) is 5.17. The van der Waals surface area contributed by atoms with E-state index in [0.29, 0.717) is 36.1 Å². The van der Waals surface area contributed by atoms with Crippen molar-refractivity contribution in [2.45, 2.75) is 38.5 Å². The lowest BCUT2D eigenvalue weighted by Crippen LogP contribution is -2.50. The molecule has 3 aromatic rings. The number of hydrogen-bond donors (Lipinski definition) is 0. The summed E-state index contributed by atoms with van der Waals surface area (Å²) in [4.78, 5) is 19.0. The van der Waals surface area contributed by atoms with Gasteiger partial charge in [-0.2, -0.15) is 4.31 Å². The fraction of sp³-hybridized carbons (Fsp3) is 0.360. The largest absolute Gasteiger partial charge is 0.441 e. The van der Waals surface area contributed by atoms with Crippen molar-refractivity contribution < 1.29 is 17.6 Å². The number of aromatic nitrogens is 1. The van der Waals surface area contributed by atoms with Crippen molar-refractivity contribution in [1.82, 2.24) is 14.2 Å². The Bertz CT molecular complexity index is 1240. The molecule has 4 rings (SSSR count). The van der Waals surface area contributed by atoms with E-state index < -0.39 is 10.0 Å². The minimum absolute atomic E-state index is 0.0201. The summed E-state index contributed by atoms with van der Waals surface area (Å²) >= 11 is 0. The highest BCUT2D eigenvalue weighted by Crippen LogP contribution is 2.23. The van der Waals surface area contributed by atoms with Crippen LogP contribution in [-0.2, 0) is 21.2 Å². The normalized spacial score (nSPS) is 15.1. The third-order valence-electron chi connectivity index (χ3n) is 6.15. The molecule has 2 aromatic carbocycles. The fourth-order valence-electron chi connectivity index (χ4n) is 3.85. The Hall–Kier alpha value is -2.97. The molecule has 0 spiro atoms. The van der Waals surface area contributed by atoms with Crippen molar-refractivity contribution in [2.24, 2.45) is 0 Å². The highest BCUT2D eigenvalue weighted by Gasteiger charge is 2.30. The molecular weight excluding hydrogens is 438 g/mol. The van der Waals surface area contributed by atoms with E-state index in [1.165, 1.54) is 9.87 Å². The van der Waals surface area contributed by atoms with Crippen molar-refractivity contribution in [3.63, 3.8) is 0 Å². The summed E-state index contributed by atoms with van der Waals surface area (Å²) in [5.41, 5.74) is 4.13. The van der Waals surface area contributed by atoms with Crippen LogP contribution < -0.4 is 0 Å². The maximum Gasteiger partial charge on any atom is 0.243 e. The molecule has 0 aliphatic carbocycles. The number of amides is 1. The van der Waals surface area contributed by atoms with Gasteiger partial charge in [0.25, 0.3) is 0 Å². The molecular formula is C25H29N3O4S. The summed E-state index contributed by atoms with van der Waals surface area (Å²) in [7, 11) is -3.56. The van der Waals surface area contributed by atoms with Crippen molar-refractivity contribution in [1.29, 1.82) is 0 Å². The van der Waals surface area contributed by atoms with Crippen LogP contribution in [0.1, 0.15) is 29.0 Å². The van der Waals surface area contributed by atoms with Gasteiger partial charge in [0.1, 0.15) is 0 Å². The smallest absolute Gasteiger partial charge is 0.243 e. The van der Waals surface area contributed by atoms with Crippen LogP contribution in [0, 0.1) is 20.8 Å². The van der Waals surface area contributed by atoms with E-state index in [1.807, 2.05) is 51.1 Å². The number of aryl methyl sites for hydroxylation is 4. The maximum atomic E-state index is 13.0. The second-order valence-corrected chi connectivity index (χ2v) is 10.5. The summed E-state index contributed by atoms with van der Waals surface area (Å²) < 4.78 is 33.2. The Morgan fingerprint density at radius 1 is 0.970 bits per heavy atom. The minimum Gasteiger partial charge on any atom is -0.441 e. The van der Waals surface area contributed by atoms with E-state index in [4.69, 9.17) is 4.42 Å². The highest BCUT2D eigenvalue weighted by molar-refractivity contribution is 7.89. The average molecular weight is 468 g/mol. The lowest BCUT2D eigenvalue weighted by Gasteiger charge is -2.34. The monoisotopic (exact) mass is 467 g/mol. The number of carbonyl (C=O) groups is 1. The second-order valence-electron chi connectivity index (χ2n) is 8.52. The molecule has 0 N–H and O–H groups in total. The molecule has 0 saturated carbocycles. The zero-order valence-corrected chi connectivity index (χ0v) is 20.1. The van der Waals surface area contributed by atoms with Gasteiger partial charge in [0.05, 0.1) is 11.1 Å². The summed E-state index contributed by atoms with van der Waals surface area (Å²) in [6.45, 7) is 7.22. The van der Waals surface area contributed by atoms with Crippen LogP contribution in [0.3, 0.4) is 0 Å². The molecule has 0 bridgehead atoms. The molecule has 33 heavy (non-hydrogen) atoms. The highest BCUT2D eigenvalue weighted by atomic mass is 32.2. The van der Waals surface area contributed by atoms with Gasteiger partial charge in [0, 0.05) is 44.6 Å². The first-order valence-electron chi connectivity index (χ1n) is 11.1. The molecule has 1 amide bonds. The lowest BCUT2D eigenvalue weighted by atomic mass is 10.1.